The van der Waals surface area contributed by atoms with Crippen molar-refractivity contribution in [1.82, 2.24) is 19.8 Å². The van der Waals surface area contributed by atoms with Crippen LogP contribution < -0.4 is 5.73 Å². The zero-order chi connectivity index (χ0) is 13.3. The molecule has 18 heavy (non-hydrogen) atoms. The van der Waals surface area contributed by atoms with Gasteiger partial charge >= 0.3 is 0 Å². The fourth-order valence-electron chi connectivity index (χ4n) is 1.62. The van der Waals surface area contributed by atoms with Crippen molar-refractivity contribution in [3.05, 3.63) is 10.8 Å². The topological polar surface area (TPSA) is 78.3 Å². The number of fused-ring (bicyclic) bond motifs is 1. The van der Waals surface area contributed by atoms with Crippen LogP contribution in [0.5, 0.6) is 0 Å². The van der Waals surface area contributed by atoms with E-state index in [0.717, 1.165) is 22.2 Å². The molecule has 0 bridgehead atoms. The van der Waals surface area contributed by atoms with E-state index in [-0.39, 0.29) is 11.5 Å². The number of methoxy groups -OCH3 is 1. The Labute approximate surface area is 110 Å². The van der Waals surface area contributed by atoms with E-state index in [4.69, 9.17) is 10.5 Å². The number of nitrogens with two attached hydrogens (primary N) is 1. The van der Waals surface area contributed by atoms with Crippen molar-refractivity contribution in [1.29, 1.82) is 0 Å². The lowest BCUT2D eigenvalue weighted by Crippen LogP contribution is -2.17. The minimum absolute atomic E-state index is 0.0820. The maximum Gasteiger partial charge on any atom is 0.234 e. The SMILES string of the molecule is COCCC(N)c1nn2c(C(C)(C)C)nnc2s1. The van der Waals surface area contributed by atoms with Gasteiger partial charge in [-0.3, -0.25) is 0 Å². The molecular formula is C11H19N5OS. The minimum atomic E-state index is -0.107. The lowest BCUT2D eigenvalue weighted by Gasteiger charge is -2.13. The van der Waals surface area contributed by atoms with E-state index in [1.54, 1.807) is 11.6 Å². The maximum absolute atomic E-state index is 6.07. The van der Waals surface area contributed by atoms with Gasteiger partial charge in [0.1, 0.15) is 5.01 Å². The standard InChI is InChI=1S/C11H19N5OS/c1-11(2,3)9-13-14-10-16(9)15-8(18-10)7(12)5-6-17-4/h7H,5-6,12H2,1-4H3. The van der Waals surface area contributed by atoms with Gasteiger partial charge in [-0.05, 0) is 6.42 Å². The molecule has 7 heteroatoms. The van der Waals surface area contributed by atoms with Crippen LogP contribution in [0.15, 0.2) is 0 Å². The van der Waals surface area contributed by atoms with Crippen LogP contribution in [0.3, 0.4) is 0 Å². The third-order valence-electron chi connectivity index (χ3n) is 2.63. The second kappa shape index (κ2) is 4.91. The highest BCUT2D eigenvalue weighted by atomic mass is 32.1. The molecule has 2 N–H and O–H groups in total. The van der Waals surface area contributed by atoms with Crippen LogP contribution in [0.25, 0.3) is 4.96 Å². The predicted molar refractivity (Wildman–Crippen MR) is 70.8 cm³/mol. The molecule has 1 unspecified atom stereocenters. The van der Waals surface area contributed by atoms with Crippen molar-refractivity contribution in [3.63, 3.8) is 0 Å². The second-order valence-electron chi connectivity index (χ2n) is 5.30. The summed E-state index contributed by atoms with van der Waals surface area (Å²) in [5.74, 6) is 0.860. The first-order chi connectivity index (χ1) is 8.43. The van der Waals surface area contributed by atoms with Gasteiger partial charge in [-0.25, -0.2) is 0 Å². The Morgan fingerprint density at radius 2 is 2.11 bits per heavy atom. The van der Waals surface area contributed by atoms with E-state index in [2.05, 4.69) is 36.1 Å². The summed E-state index contributed by atoms with van der Waals surface area (Å²) < 4.78 is 6.83. The summed E-state index contributed by atoms with van der Waals surface area (Å²) in [6.45, 7) is 6.90. The first-order valence-corrected chi connectivity index (χ1v) is 6.72. The summed E-state index contributed by atoms with van der Waals surface area (Å²) in [6.07, 6.45) is 0.755. The van der Waals surface area contributed by atoms with E-state index in [9.17, 15) is 0 Å². The molecule has 1 atom stereocenters. The van der Waals surface area contributed by atoms with Crippen LogP contribution in [0.2, 0.25) is 0 Å². The molecule has 0 aliphatic rings. The molecule has 100 valence electrons. The Hall–Kier alpha value is -1.05. The Morgan fingerprint density at radius 1 is 1.39 bits per heavy atom. The van der Waals surface area contributed by atoms with Crippen molar-refractivity contribution in [2.45, 2.75) is 38.6 Å². The molecule has 2 aromatic rings. The summed E-state index contributed by atoms with van der Waals surface area (Å²) in [4.78, 5) is 0.794. The minimum Gasteiger partial charge on any atom is -0.385 e. The number of rotatable bonds is 4. The number of nitrogens with zero attached hydrogens (tertiary/aromatic N) is 4. The molecular weight excluding hydrogens is 250 g/mol. The fourth-order valence-corrected chi connectivity index (χ4v) is 2.49. The summed E-state index contributed by atoms with van der Waals surface area (Å²) >= 11 is 1.49. The van der Waals surface area contributed by atoms with Gasteiger partial charge in [-0.1, -0.05) is 32.1 Å². The van der Waals surface area contributed by atoms with Gasteiger partial charge in [0.25, 0.3) is 0 Å². The molecule has 0 aromatic carbocycles. The molecule has 0 saturated carbocycles. The van der Waals surface area contributed by atoms with Crippen molar-refractivity contribution < 1.29 is 4.74 Å². The van der Waals surface area contributed by atoms with E-state index in [0.29, 0.717) is 6.61 Å². The molecule has 0 saturated heterocycles. The lowest BCUT2D eigenvalue weighted by molar-refractivity contribution is 0.188. The first-order valence-electron chi connectivity index (χ1n) is 5.90. The average molecular weight is 269 g/mol. The highest BCUT2D eigenvalue weighted by Gasteiger charge is 2.24. The average Bonchev–Trinajstić information content (AvgIpc) is 2.82. The van der Waals surface area contributed by atoms with Crippen molar-refractivity contribution in [3.8, 4) is 0 Å². The van der Waals surface area contributed by atoms with Crippen LogP contribution >= 0.6 is 11.3 Å². The van der Waals surface area contributed by atoms with Gasteiger partial charge in [0.15, 0.2) is 5.82 Å². The van der Waals surface area contributed by atoms with Crippen molar-refractivity contribution in [2.75, 3.05) is 13.7 Å². The summed E-state index contributed by atoms with van der Waals surface area (Å²) in [6, 6.07) is -0.107. The van der Waals surface area contributed by atoms with Gasteiger partial charge < -0.3 is 10.5 Å². The highest BCUT2D eigenvalue weighted by Crippen LogP contribution is 2.26. The van der Waals surface area contributed by atoms with E-state index in [1.807, 2.05) is 0 Å². The van der Waals surface area contributed by atoms with E-state index >= 15 is 0 Å². The van der Waals surface area contributed by atoms with Crippen molar-refractivity contribution in [2.24, 2.45) is 5.73 Å². The Kier molecular flexibility index (Phi) is 3.65. The largest absolute Gasteiger partial charge is 0.385 e. The Morgan fingerprint density at radius 3 is 2.72 bits per heavy atom. The molecule has 2 rings (SSSR count). The van der Waals surface area contributed by atoms with Crippen LogP contribution in [0.1, 0.15) is 44.1 Å². The van der Waals surface area contributed by atoms with Gasteiger partial charge in [-0.2, -0.15) is 9.61 Å². The molecule has 2 aromatic heterocycles. The van der Waals surface area contributed by atoms with Crippen LogP contribution in [-0.4, -0.2) is 33.5 Å². The van der Waals surface area contributed by atoms with Crippen LogP contribution in [0, 0.1) is 0 Å². The normalized spacial score (nSPS) is 14.3. The van der Waals surface area contributed by atoms with Crippen LogP contribution in [-0.2, 0) is 10.2 Å². The molecule has 0 spiro atoms. The third-order valence-corrected chi connectivity index (χ3v) is 3.66. The molecule has 0 radical (unpaired) electrons. The molecule has 6 nitrogen and oxygen atoms in total. The number of hydrogen-bond acceptors (Lipinski definition) is 6. The molecule has 0 amide bonds. The number of ether oxygens (including phenoxy) is 1. The summed E-state index contributed by atoms with van der Waals surface area (Å²) in [7, 11) is 1.67. The number of hydrogen-bond donors (Lipinski definition) is 1. The summed E-state index contributed by atoms with van der Waals surface area (Å²) in [5, 5.41) is 13.7. The monoisotopic (exact) mass is 269 g/mol. The second-order valence-corrected chi connectivity index (χ2v) is 6.28. The van der Waals surface area contributed by atoms with Gasteiger partial charge in [0.2, 0.25) is 4.96 Å². The van der Waals surface area contributed by atoms with Crippen LogP contribution in [0.4, 0.5) is 0 Å². The lowest BCUT2D eigenvalue weighted by atomic mass is 9.96. The van der Waals surface area contributed by atoms with Gasteiger partial charge in [0.05, 0.1) is 6.04 Å². The Balaban J connectivity index is 2.31. The van der Waals surface area contributed by atoms with E-state index < -0.39 is 0 Å². The first kappa shape index (κ1) is 13.4. The maximum atomic E-state index is 6.07. The molecule has 0 aliphatic carbocycles. The van der Waals surface area contributed by atoms with E-state index in [1.165, 1.54) is 11.3 Å². The summed E-state index contributed by atoms with van der Waals surface area (Å²) in [5.41, 5.74) is 5.99. The Bertz CT molecular complexity index is 527. The smallest absolute Gasteiger partial charge is 0.234 e. The van der Waals surface area contributed by atoms with Gasteiger partial charge in [0, 0.05) is 19.1 Å². The van der Waals surface area contributed by atoms with Gasteiger partial charge in [-0.15, -0.1) is 10.2 Å². The highest BCUT2D eigenvalue weighted by molar-refractivity contribution is 7.16. The zero-order valence-corrected chi connectivity index (χ0v) is 12.0. The molecule has 0 aliphatic heterocycles. The quantitative estimate of drug-likeness (QED) is 0.910. The predicted octanol–water partition coefficient (Wildman–Crippen LogP) is 1.52. The molecule has 0 fully saturated rings. The zero-order valence-electron chi connectivity index (χ0n) is 11.2. The third kappa shape index (κ3) is 2.52. The van der Waals surface area contributed by atoms with Crippen molar-refractivity contribution >= 4 is 16.3 Å². The molecule has 2 heterocycles. The number of aromatic nitrogens is 4. The fraction of sp³-hybridized carbons (Fsp3) is 0.727.